The lowest BCUT2D eigenvalue weighted by Gasteiger charge is -2.22. The van der Waals surface area contributed by atoms with E-state index in [1.54, 1.807) is 0 Å². The minimum atomic E-state index is -0.763. The van der Waals surface area contributed by atoms with Gasteiger partial charge >= 0.3 is 0 Å². The van der Waals surface area contributed by atoms with E-state index < -0.39 is 22.3 Å². The summed E-state index contributed by atoms with van der Waals surface area (Å²) < 4.78 is 13.1. The molecule has 1 amide bonds. The number of unbranched alkanes of at least 4 members (excludes halogenated alkanes) is 1. The fraction of sp³-hybridized carbons (Fsp3) is 0.562. The van der Waals surface area contributed by atoms with Gasteiger partial charge in [-0.2, -0.15) is 0 Å². The summed E-state index contributed by atoms with van der Waals surface area (Å²) in [5.74, 6) is -1.32. The Morgan fingerprint density at radius 3 is 2.96 bits per heavy atom. The molecule has 1 atom stereocenters. The van der Waals surface area contributed by atoms with Crippen LogP contribution in [-0.4, -0.2) is 53.1 Å². The Balaban J connectivity index is 1.77. The molecule has 1 saturated heterocycles. The molecule has 0 aromatic heterocycles. The van der Waals surface area contributed by atoms with Gasteiger partial charge in [0.1, 0.15) is 11.4 Å². The first kappa shape index (κ1) is 18.3. The first-order valence-electron chi connectivity index (χ1n) is 8.10. The van der Waals surface area contributed by atoms with Gasteiger partial charge in [0, 0.05) is 12.6 Å². The number of aliphatic hydroxyl groups excluding tert-OH is 1. The number of hydrogen-bond acceptors (Lipinski definition) is 5. The standard InChI is InChI=1S/C16H22FN3O4/c17-12-5-6-14(15(10-12)20(23)24)16(22)18-7-1-2-8-19-9-3-4-13(19)11-21/h5-6,10,13,21H,1-4,7-9,11H2,(H,18,22). The number of rotatable bonds is 8. The predicted octanol–water partition coefficient (Wildman–Crippen LogP) is 1.70. The highest BCUT2D eigenvalue weighted by Gasteiger charge is 2.23. The first-order valence-corrected chi connectivity index (χ1v) is 8.10. The van der Waals surface area contributed by atoms with Gasteiger partial charge in [-0.15, -0.1) is 0 Å². The lowest BCUT2D eigenvalue weighted by molar-refractivity contribution is -0.385. The van der Waals surface area contributed by atoms with Gasteiger partial charge in [-0.25, -0.2) is 4.39 Å². The molecule has 0 saturated carbocycles. The molecule has 2 N–H and O–H groups in total. The maximum Gasteiger partial charge on any atom is 0.285 e. The number of benzene rings is 1. The lowest BCUT2D eigenvalue weighted by atomic mass is 10.1. The number of likely N-dealkylation sites (tertiary alicyclic amines) is 1. The summed E-state index contributed by atoms with van der Waals surface area (Å²) in [5, 5.41) is 22.8. The van der Waals surface area contributed by atoms with E-state index in [1.165, 1.54) is 0 Å². The van der Waals surface area contributed by atoms with Crippen LogP contribution in [0.25, 0.3) is 0 Å². The summed E-state index contributed by atoms with van der Waals surface area (Å²) >= 11 is 0. The van der Waals surface area contributed by atoms with E-state index in [4.69, 9.17) is 0 Å². The SMILES string of the molecule is O=C(NCCCCN1CCCC1CO)c1ccc(F)cc1[N+](=O)[O-]. The Bertz CT molecular complexity index is 597. The van der Waals surface area contributed by atoms with Crippen LogP contribution in [0.2, 0.25) is 0 Å². The molecule has 2 rings (SSSR count). The van der Waals surface area contributed by atoms with Gasteiger partial charge in [0.15, 0.2) is 0 Å². The Morgan fingerprint density at radius 2 is 2.25 bits per heavy atom. The second kappa shape index (κ2) is 8.70. The third kappa shape index (κ3) is 4.72. The average molecular weight is 339 g/mol. The second-order valence-electron chi connectivity index (χ2n) is 5.90. The molecule has 1 aliphatic heterocycles. The monoisotopic (exact) mass is 339 g/mol. The molecule has 0 spiro atoms. The minimum Gasteiger partial charge on any atom is -0.395 e. The number of amides is 1. The number of nitrogens with zero attached hydrogens (tertiary/aromatic N) is 2. The topological polar surface area (TPSA) is 95.7 Å². The second-order valence-corrected chi connectivity index (χ2v) is 5.90. The Hall–Kier alpha value is -2.06. The average Bonchev–Trinajstić information content (AvgIpc) is 3.01. The predicted molar refractivity (Wildman–Crippen MR) is 86.3 cm³/mol. The number of carbonyl (C=O) groups excluding carboxylic acids is 1. The van der Waals surface area contributed by atoms with E-state index in [-0.39, 0.29) is 18.2 Å². The summed E-state index contributed by atoms with van der Waals surface area (Å²) in [6.45, 7) is 2.41. The molecule has 1 aromatic carbocycles. The van der Waals surface area contributed by atoms with E-state index in [0.29, 0.717) is 6.54 Å². The number of hydrogen-bond donors (Lipinski definition) is 2. The smallest absolute Gasteiger partial charge is 0.285 e. The molecule has 0 radical (unpaired) electrons. The summed E-state index contributed by atoms with van der Waals surface area (Å²) in [4.78, 5) is 24.4. The summed E-state index contributed by atoms with van der Waals surface area (Å²) in [6, 6.07) is 3.14. The van der Waals surface area contributed by atoms with Crippen LogP contribution in [0.3, 0.4) is 0 Å². The van der Waals surface area contributed by atoms with Crippen LogP contribution in [0.4, 0.5) is 10.1 Å². The molecule has 0 aliphatic carbocycles. The third-order valence-electron chi connectivity index (χ3n) is 4.27. The van der Waals surface area contributed by atoms with Crippen LogP contribution in [0.1, 0.15) is 36.0 Å². The lowest BCUT2D eigenvalue weighted by Crippen LogP contribution is -2.33. The summed E-state index contributed by atoms with van der Waals surface area (Å²) in [6.07, 6.45) is 3.70. The molecule has 1 heterocycles. The number of carbonyl (C=O) groups is 1. The maximum absolute atomic E-state index is 13.1. The Labute approximate surface area is 139 Å². The molecule has 8 heteroatoms. The van der Waals surface area contributed by atoms with Crippen LogP contribution in [0.5, 0.6) is 0 Å². The largest absolute Gasteiger partial charge is 0.395 e. The Kier molecular flexibility index (Phi) is 6.62. The van der Waals surface area contributed by atoms with Crippen LogP contribution >= 0.6 is 0 Å². The number of nitrogens with one attached hydrogen (secondary N) is 1. The zero-order valence-electron chi connectivity index (χ0n) is 13.4. The first-order chi connectivity index (χ1) is 11.5. The van der Waals surface area contributed by atoms with Crippen molar-refractivity contribution in [3.63, 3.8) is 0 Å². The van der Waals surface area contributed by atoms with E-state index >= 15 is 0 Å². The van der Waals surface area contributed by atoms with E-state index in [9.17, 15) is 24.4 Å². The molecule has 1 aliphatic rings. The molecule has 24 heavy (non-hydrogen) atoms. The van der Waals surface area contributed by atoms with Crippen molar-refractivity contribution in [3.05, 3.63) is 39.7 Å². The van der Waals surface area contributed by atoms with Crippen molar-refractivity contribution in [3.8, 4) is 0 Å². The van der Waals surface area contributed by atoms with Gasteiger partial charge in [-0.05, 0) is 50.9 Å². The van der Waals surface area contributed by atoms with Crippen molar-refractivity contribution in [1.82, 2.24) is 10.2 Å². The van der Waals surface area contributed by atoms with Crippen LogP contribution in [0.15, 0.2) is 18.2 Å². The highest BCUT2D eigenvalue weighted by molar-refractivity contribution is 5.98. The van der Waals surface area contributed by atoms with Crippen LogP contribution in [0, 0.1) is 15.9 Å². The molecule has 1 fully saturated rings. The quantitative estimate of drug-likeness (QED) is 0.427. The normalized spacial score (nSPS) is 17.8. The molecule has 0 bridgehead atoms. The highest BCUT2D eigenvalue weighted by atomic mass is 19.1. The van der Waals surface area contributed by atoms with Gasteiger partial charge in [-0.1, -0.05) is 0 Å². The maximum atomic E-state index is 13.1. The fourth-order valence-electron chi connectivity index (χ4n) is 2.98. The van der Waals surface area contributed by atoms with Crippen molar-refractivity contribution >= 4 is 11.6 Å². The zero-order valence-corrected chi connectivity index (χ0v) is 13.4. The van der Waals surface area contributed by atoms with Crippen molar-refractivity contribution < 1.29 is 19.2 Å². The van der Waals surface area contributed by atoms with Gasteiger partial charge in [-0.3, -0.25) is 19.8 Å². The molecule has 7 nitrogen and oxygen atoms in total. The Morgan fingerprint density at radius 1 is 1.46 bits per heavy atom. The van der Waals surface area contributed by atoms with Crippen molar-refractivity contribution in [2.45, 2.75) is 31.7 Å². The number of nitro benzene ring substituents is 1. The van der Waals surface area contributed by atoms with E-state index in [1.807, 2.05) is 0 Å². The van der Waals surface area contributed by atoms with Gasteiger partial charge in [0.2, 0.25) is 0 Å². The van der Waals surface area contributed by atoms with Crippen LogP contribution < -0.4 is 5.32 Å². The molecular formula is C16H22FN3O4. The van der Waals surface area contributed by atoms with Crippen molar-refractivity contribution in [2.24, 2.45) is 0 Å². The fourth-order valence-corrected chi connectivity index (χ4v) is 2.98. The number of halogens is 1. The zero-order chi connectivity index (χ0) is 17.5. The third-order valence-corrected chi connectivity index (χ3v) is 4.27. The highest BCUT2D eigenvalue weighted by Crippen LogP contribution is 2.20. The summed E-state index contributed by atoms with van der Waals surface area (Å²) in [7, 11) is 0. The van der Waals surface area contributed by atoms with E-state index in [2.05, 4.69) is 10.2 Å². The summed E-state index contributed by atoms with van der Waals surface area (Å²) in [5.41, 5.74) is -0.670. The van der Waals surface area contributed by atoms with Crippen molar-refractivity contribution in [1.29, 1.82) is 0 Å². The van der Waals surface area contributed by atoms with Gasteiger partial charge in [0.05, 0.1) is 17.6 Å². The van der Waals surface area contributed by atoms with Gasteiger partial charge in [0.25, 0.3) is 11.6 Å². The van der Waals surface area contributed by atoms with Gasteiger partial charge < -0.3 is 10.4 Å². The van der Waals surface area contributed by atoms with Crippen LogP contribution in [-0.2, 0) is 0 Å². The van der Waals surface area contributed by atoms with E-state index in [0.717, 1.165) is 57.0 Å². The number of nitro groups is 1. The van der Waals surface area contributed by atoms with Crippen molar-refractivity contribution in [2.75, 3.05) is 26.2 Å². The molecule has 1 unspecified atom stereocenters. The minimum absolute atomic E-state index is 0.138. The number of aliphatic hydroxyl groups is 1. The molecular weight excluding hydrogens is 317 g/mol. The molecule has 1 aromatic rings. The molecule has 132 valence electrons.